The lowest BCUT2D eigenvalue weighted by Gasteiger charge is -2.17. The topological polar surface area (TPSA) is 19.7 Å². The largest absolute Gasteiger partial charge is 0.257 e. The van der Waals surface area contributed by atoms with Gasteiger partial charge in [-0.25, -0.2) is 9.55 Å². The molecule has 0 radical (unpaired) electrons. The van der Waals surface area contributed by atoms with Gasteiger partial charge in [0.15, 0.2) is 0 Å². The molecule has 0 aromatic carbocycles. The third-order valence-corrected chi connectivity index (χ3v) is 7.14. The Labute approximate surface area is 196 Å². The molecule has 2 nitrogen and oxygen atoms in total. The van der Waals surface area contributed by atoms with Crippen LogP contribution in [-0.4, -0.2) is 4.98 Å². The van der Waals surface area contributed by atoms with Gasteiger partial charge in [-0.1, -0.05) is 124 Å². The summed E-state index contributed by atoms with van der Waals surface area (Å²) in [6.45, 7) is 9.35. The first-order chi connectivity index (χ1) is 15.2. The molecule has 0 bridgehead atoms. The van der Waals surface area contributed by atoms with Crippen LogP contribution >= 0.6 is 0 Å². The van der Waals surface area contributed by atoms with Crippen LogP contribution in [0.15, 0.2) is 12.4 Å². The van der Waals surface area contributed by atoms with Crippen LogP contribution in [0, 0.1) is 0 Å². The minimum Gasteiger partial charge on any atom is -0.247 e. The minimum absolute atomic E-state index is 0.625. The van der Waals surface area contributed by atoms with Crippen LogP contribution in [0.4, 0.5) is 0 Å². The maximum absolute atomic E-state index is 3.66. The molecule has 182 valence electrons. The fourth-order valence-corrected chi connectivity index (χ4v) is 5.01. The standard InChI is InChI=1S/C29H56N2/c1-5-8-11-13-14-15-16-17-18-21-24-28(23-19-10-7-3)29-30-25-26-31(29)27(4)22-20-12-9-6-2/h25-28H,5-24H2,1-4H3/p+1. The Hall–Kier alpha value is -0.790. The zero-order valence-electron chi connectivity index (χ0n) is 21.9. The maximum Gasteiger partial charge on any atom is 0.257 e. The molecule has 0 amide bonds. The summed E-state index contributed by atoms with van der Waals surface area (Å²) in [6, 6.07) is 0.625. The Balaban J connectivity index is 2.42. The number of nitrogens with zero attached hydrogens (tertiary/aromatic N) is 1. The Morgan fingerprint density at radius 2 is 1.03 bits per heavy atom. The summed E-state index contributed by atoms with van der Waals surface area (Å²) in [4.78, 5) is 3.66. The van der Waals surface area contributed by atoms with Gasteiger partial charge in [0, 0.05) is 0 Å². The molecule has 0 aliphatic carbocycles. The van der Waals surface area contributed by atoms with Crippen molar-refractivity contribution < 1.29 is 4.57 Å². The van der Waals surface area contributed by atoms with E-state index in [4.69, 9.17) is 0 Å². The van der Waals surface area contributed by atoms with Crippen LogP contribution in [0.25, 0.3) is 0 Å². The summed E-state index contributed by atoms with van der Waals surface area (Å²) in [5.41, 5.74) is 0. The quantitative estimate of drug-likeness (QED) is 0.139. The highest BCUT2D eigenvalue weighted by atomic mass is 15.1. The van der Waals surface area contributed by atoms with Gasteiger partial charge in [0.05, 0.1) is 12.0 Å². The van der Waals surface area contributed by atoms with Gasteiger partial charge in [0.2, 0.25) is 0 Å². The Kier molecular flexibility index (Phi) is 18.1. The van der Waals surface area contributed by atoms with Gasteiger partial charge in [-0.05, 0) is 32.6 Å². The number of rotatable bonds is 22. The SMILES string of the molecule is CCCCCCCCCCCCC(CCCCC)c1[nH]cc[n+]1C(C)CCCCCC. The molecule has 0 saturated heterocycles. The summed E-state index contributed by atoms with van der Waals surface area (Å²) in [5.74, 6) is 2.23. The van der Waals surface area contributed by atoms with Crippen LogP contribution in [0.3, 0.4) is 0 Å². The number of imidazole rings is 1. The van der Waals surface area contributed by atoms with Crippen LogP contribution in [-0.2, 0) is 0 Å². The maximum atomic E-state index is 3.66. The Morgan fingerprint density at radius 3 is 1.61 bits per heavy atom. The molecule has 0 fully saturated rings. The van der Waals surface area contributed by atoms with Crippen LogP contribution in [0.1, 0.15) is 174 Å². The number of aromatic nitrogens is 2. The average molecular weight is 434 g/mol. The van der Waals surface area contributed by atoms with E-state index < -0.39 is 0 Å². The molecule has 2 heteroatoms. The molecule has 2 unspecified atom stereocenters. The van der Waals surface area contributed by atoms with E-state index in [2.05, 4.69) is 49.6 Å². The summed E-state index contributed by atoms with van der Waals surface area (Å²) in [5, 5.41) is 0. The first kappa shape index (κ1) is 28.2. The fraction of sp³-hybridized carbons (Fsp3) is 0.897. The molecule has 1 heterocycles. The highest BCUT2D eigenvalue weighted by molar-refractivity contribution is 4.90. The number of H-pyrrole nitrogens is 1. The zero-order chi connectivity index (χ0) is 22.6. The van der Waals surface area contributed by atoms with Crippen LogP contribution < -0.4 is 4.57 Å². The van der Waals surface area contributed by atoms with Crippen LogP contribution in [0.5, 0.6) is 0 Å². The van der Waals surface area contributed by atoms with E-state index in [9.17, 15) is 0 Å². The zero-order valence-corrected chi connectivity index (χ0v) is 21.9. The van der Waals surface area contributed by atoms with Crippen molar-refractivity contribution in [3.05, 3.63) is 18.2 Å². The van der Waals surface area contributed by atoms with Gasteiger partial charge in [-0.2, -0.15) is 0 Å². The number of aromatic amines is 1. The van der Waals surface area contributed by atoms with Gasteiger partial charge in [-0.3, -0.25) is 0 Å². The molecule has 0 aliphatic rings. The monoisotopic (exact) mass is 433 g/mol. The third-order valence-electron chi connectivity index (χ3n) is 7.14. The number of nitrogens with one attached hydrogen (secondary N) is 1. The first-order valence-electron chi connectivity index (χ1n) is 14.3. The molecule has 1 aromatic heterocycles. The first-order valence-corrected chi connectivity index (χ1v) is 14.3. The van der Waals surface area contributed by atoms with Gasteiger partial charge < -0.3 is 0 Å². The van der Waals surface area contributed by atoms with Crippen molar-refractivity contribution >= 4 is 0 Å². The van der Waals surface area contributed by atoms with E-state index in [1.54, 1.807) is 0 Å². The van der Waals surface area contributed by atoms with Crippen molar-refractivity contribution in [2.24, 2.45) is 0 Å². The van der Waals surface area contributed by atoms with Gasteiger partial charge in [-0.15, -0.1) is 0 Å². The normalized spacial score (nSPS) is 13.5. The summed E-state index contributed by atoms with van der Waals surface area (Å²) in [6.07, 6.45) is 32.4. The molecule has 1 rings (SSSR count). The number of hydrogen-bond acceptors (Lipinski definition) is 0. The van der Waals surface area contributed by atoms with E-state index in [0.29, 0.717) is 12.0 Å². The second kappa shape index (κ2) is 19.9. The highest BCUT2D eigenvalue weighted by Crippen LogP contribution is 2.27. The van der Waals surface area contributed by atoms with E-state index in [0.717, 1.165) is 0 Å². The second-order valence-corrected chi connectivity index (χ2v) is 10.1. The number of unbranched alkanes of at least 4 members (excludes halogenated alkanes) is 14. The highest BCUT2D eigenvalue weighted by Gasteiger charge is 2.25. The molecule has 0 aliphatic heterocycles. The lowest BCUT2D eigenvalue weighted by atomic mass is 9.93. The Morgan fingerprint density at radius 1 is 0.613 bits per heavy atom. The molecular weight excluding hydrogens is 376 g/mol. The molecule has 0 saturated carbocycles. The van der Waals surface area contributed by atoms with Gasteiger partial charge >= 0.3 is 0 Å². The van der Waals surface area contributed by atoms with Crippen molar-refractivity contribution in [1.29, 1.82) is 0 Å². The van der Waals surface area contributed by atoms with Crippen molar-refractivity contribution in [3.8, 4) is 0 Å². The van der Waals surface area contributed by atoms with Crippen molar-refractivity contribution in [3.63, 3.8) is 0 Å². The van der Waals surface area contributed by atoms with Gasteiger partial charge in [0.1, 0.15) is 12.4 Å². The minimum atomic E-state index is 0.625. The summed E-state index contributed by atoms with van der Waals surface area (Å²) < 4.78 is 2.58. The summed E-state index contributed by atoms with van der Waals surface area (Å²) >= 11 is 0. The van der Waals surface area contributed by atoms with Crippen LogP contribution in [0.2, 0.25) is 0 Å². The average Bonchev–Trinajstić information content (AvgIpc) is 3.26. The second-order valence-electron chi connectivity index (χ2n) is 10.1. The summed E-state index contributed by atoms with van der Waals surface area (Å²) in [7, 11) is 0. The molecular formula is C29H57N2+. The van der Waals surface area contributed by atoms with Crippen molar-refractivity contribution in [2.75, 3.05) is 0 Å². The molecule has 31 heavy (non-hydrogen) atoms. The predicted molar refractivity (Wildman–Crippen MR) is 138 cm³/mol. The van der Waals surface area contributed by atoms with E-state index in [1.807, 2.05) is 0 Å². The molecule has 2 atom stereocenters. The Bertz CT molecular complexity index is 493. The van der Waals surface area contributed by atoms with Crippen molar-refractivity contribution in [2.45, 2.75) is 168 Å². The van der Waals surface area contributed by atoms with Gasteiger partial charge in [0.25, 0.3) is 5.82 Å². The number of hydrogen-bond donors (Lipinski definition) is 1. The van der Waals surface area contributed by atoms with E-state index in [1.165, 1.54) is 134 Å². The van der Waals surface area contributed by atoms with Crippen molar-refractivity contribution in [1.82, 2.24) is 4.98 Å². The lowest BCUT2D eigenvalue weighted by molar-refractivity contribution is -0.727. The molecule has 1 N–H and O–H groups in total. The lowest BCUT2D eigenvalue weighted by Crippen LogP contribution is -2.41. The van der Waals surface area contributed by atoms with E-state index in [-0.39, 0.29) is 0 Å². The third kappa shape index (κ3) is 13.4. The molecule has 1 aromatic rings. The van der Waals surface area contributed by atoms with E-state index >= 15 is 0 Å². The predicted octanol–water partition coefficient (Wildman–Crippen LogP) is 9.81. The smallest absolute Gasteiger partial charge is 0.247 e. The molecule has 0 spiro atoms. The fourth-order valence-electron chi connectivity index (χ4n) is 5.01.